The first kappa shape index (κ1) is 13.6. The number of methoxy groups -OCH3 is 2. The highest BCUT2D eigenvalue weighted by atomic mass is 16.5. The molecule has 17 heavy (non-hydrogen) atoms. The Balaban J connectivity index is 2.83. The molecule has 0 bridgehead atoms. The molecule has 0 aliphatic rings. The molecule has 3 nitrogen and oxygen atoms in total. The molecular formula is C14H20O3. The predicted molar refractivity (Wildman–Crippen MR) is 67.3 cm³/mol. The molecule has 0 amide bonds. The second-order valence-corrected chi connectivity index (χ2v) is 3.99. The SMILES string of the molecule is CCCCC(C(=O)OC)c1ccc(OC)cc1. The smallest absolute Gasteiger partial charge is 0.313 e. The quantitative estimate of drug-likeness (QED) is 0.712. The molecule has 94 valence electrons. The Bertz CT molecular complexity index is 343. The molecule has 0 saturated heterocycles. The highest BCUT2D eigenvalue weighted by molar-refractivity contribution is 5.78. The minimum absolute atomic E-state index is 0.161. The maximum Gasteiger partial charge on any atom is 0.313 e. The molecule has 0 fully saturated rings. The fraction of sp³-hybridized carbons (Fsp3) is 0.500. The summed E-state index contributed by atoms with van der Waals surface area (Å²) in [7, 11) is 3.06. The monoisotopic (exact) mass is 236 g/mol. The van der Waals surface area contributed by atoms with Crippen molar-refractivity contribution in [2.45, 2.75) is 32.1 Å². The molecule has 1 aromatic rings. The van der Waals surface area contributed by atoms with Crippen molar-refractivity contribution in [3.63, 3.8) is 0 Å². The molecule has 0 N–H and O–H groups in total. The van der Waals surface area contributed by atoms with E-state index in [1.165, 1.54) is 7.11 Å². The van der Waals surface area contributed by atoms with Crippen LogP contribution in [0.5, 0.6) is 5.75 Å². The van der Waals surface area contributed by atoms with Crippen LogP contribution in [0.25, 0.3) is 0 Å². The average Bonchev–Trinajstić information content (AvgIpc) is 2.39. The van der Waals surface area contributed by atoms with Crippen LogP contribution in [0.2, 0.25) is 0 Å². The standard InChI is InChI=1S/C14H20O3/c1-4-5-6-13(14(15)17-3)11-7-9-12(16-2)10-8-11/h7-10,13H,4-6H2,1-3H3. The van der Waals surface area contributed by atoms with Gasteiger partial charge in [0.2, 0.25) is 0 Å². The van der Waals surface area contributed by atoms with E-state index in [-0.39, 0.29) is 11.9 Å². The first-order valence-electron chi connectivity index (χ1n) is 5.94. The molecule has 0 heterocycles. The van der Waals surface area contributed by atoms with E-state index in [4.69, 9.17) is 9.47 Å². The number of carbonyl (C=O) groups excluding carboxylic acids is 1. The topological polar surface area (TPSA) is 35.5 Å². The van der Waals surface area contributed by atoms with Crippen LogP contribution in [0.15, 0.2) is 24.3 Å². The first-order valence-corrected chi connectivity index (χ1v) is 5.94. The molecule has 1 atom stereocenters. The predicted octanol–water partition coefficient (Wildman–Crippen LogP) is 3.14. The van der Waals surface area contributed by atoms with Crippen LogP contribution in [0.3, 0.4) is 0 Å². The van der Waals surface area contributed by atoms with E-state index in [0.29, 0.717) is 0 Å². The van der Waals surface area contributed by atoms with Gasteiger partial charge in [-0.1, -0.05) is 31.9 Å². The molecule has 1 rings (SSSR count). The summed E-state index contributed by atoms with van der Waals surface area (Å²) in [6, 6.07) is 7.60. The van der Waals surface area contributed by atoms with Crippen molar-refractivity contribution < 1.29 is 14.3 Å². The summed E-state index contributed by atoms with van der Waals surface area (Å²) in [6.45, 7) is 2.11. The highest BCUT2D eigenvalue weighted by Gasteiger charge is 2.20. The van der Waals surface area contributed by atoms with Gasteiger partial charge in [0.15, 0.2) is 0 Å². The number of benzene rings is 1. The molecule has 0 aliphatic heterocycles. The summed E-state index contributed by atoms with van der Waals surface area (Å²) in [4.78, 5) is 11.7. The van der Waals surface area contributed by atoms with E-state index < -0.39 is 0 Å². The molecule has 0 aliphatic carbocycles. The van der Waals surface area contributed by atoms with Gasteiger partial charge < -0.3 is 9.47 Å². The number of ether oxygens (including phenoxy) is 2. The van der Waals surface area contributed by atoms with Gasteiger partial charge in [0.1, 0.15) is 5.75 Å². The van der Waals surface area contributed by atoms with Crippen LogP contribution < -0.4 is 4.74 Å². The fourth-order valence-corrected chi connectivity index (χ4v) is 1.81. The van der Waals surface area contributed by atoms with E-state index in [2.05, 4.69) is 6.92 Å². The number of esters is 1. The van der Waals surface area contributed by atoms with Crippen LogP contribution in [0.1, 0.15) is 37.7 Å². The van der Waals surface area contributed by atoms with Crippen molar-refractivity contribution >= 4 is 5.97 Å². The maximum atomic E-state index is 11.7. The fourth-order valence-electron chi connectivity index (χ4n) is 1.81. The number of rotatable bonds is 6. The second kappa shape index (κ2) is 6.94. The van der Waals surface area contributed by atoms with Crippen molar-refractivity contribution in [3.05, 3.63) is 29.8 Å². The first-order chi connectivity index (χ1) is 8.22. The third-order valence-corrected chi connectivity index (χ3v) is 2.85. The van der Waals surface area contributed by atoms with Gasteiger partial charge in [0, 0.05) is 0 Å². The Morgan fingerprint density at radius 2 is 1.88 bits per heavy atom. The van der Waals surface area contributed by atoms with E-state index in [9.17, 15) is 4.79 Å². The van der Waals surface area contributed by atoms with Gasteiger partial charge in [0.25, 0.3) is 0 Å². The van der Waals surface area contributed by atoms with Crippen molar-refractivity contribution in [1.82, 2.24) is 0 Å². The Hall–Kier alpha value is -1.51. The van der Waals surface area contributed by atoms with Crippen LogP contribution in [0, 0.1) is 0 Å². The van der Waals surface area contributed by atoms with E-state index in [1.54, 1.807) is 7.11 Å². The lowest BCUT2D eigenvalue weighted by Crippen LogP contribution is -2.14. The third-order valence-electron chi connectivity index (χ3n) is 2.85. The molecule has 0 saturated carbocycles. The van der Waals surface area contributed by atoms with Crippen LogP contribution >= 0.6 is 0 Å². The van der Waals surface area contributed by atoms with Crippen molar-refractivity contribution in [1.29, 1.82) is 0 Å². The van der Waals surface area contributed by atoms with Gasteiger partial charge >= 0.3 is 5.97 Å². The molecule has 1 unspecified atom stereocenters. The van der Waals surface area contributed by atoms with E-state index in [0.717, 1.165) is 30.6 Å². The zero-order valence-electron chi connectivity index (χ0n) is 10.7. The molecule has 1 aromatic carbocycles. The van der Waals surface area contributed by atoms with Gasteiger partial charge in [-0.3, -0.25) is 4.79 Å². The average molecular weight is 236 g/mol. The van der Waals surface area contributed by atoms with Crippen LogP contribution in [-0.2, 0) is 9.53 Å². The molecule has 0 radical (unpaired) electrons. The largest absolute Gasteiger partial charge is 0.497 e. The van der Waals surface area contributed by atoms with Gasteiger partial charge in [-0.15, -0.1) is 0 Å². The second-order valence-electron chi connectivity index (χ2n) is 3.99. The van der Waals surface area contributed by atoms with Gasteiger partial charge in [0.05, 0.1) is 20.1 Å². The lowest BCUT2D eigenvalue weighted by atomic mass is 9.93. The Morgan fingerprint density at radius 1 is 1.24 bits per heavy atom. The Morgan fingerprint density at radius 3 is 2.35 bits per heavy atom. The number of hydrogen-bond donors (Lipinski definition) is 0. The maximum absolute atomic E-state index is 11.7. The van der Waals surface area contributed by atoms with Crippen molar-refractivity contribution in [3.8, 4) is 5.75 Å². The minimum Gasteiger partial charge on any atom is -0.497 e. The zero-order chi connectivity index (χ0) is 12.7. The third kappa shape index (κ3) is 3.77. The molecule has 3 heteroatoms. The number of hydrogen-bond acceptors (Lipinski definition) is 3. The summed E-state index contributed by atoms with van der Waals surface area (Å²) in [5.41, 5.74) is 0.992. The number of unbranched alkanes of at least 4 members (excludes halogenated alkanes) is 1. The van der Waals surface area contributed by atoms with Crippen LogP contribution in [-0.4, -0.2) is 20.2 Å². The summed E-state index contributed by atoms with van der Waals surface area (Å²) >= 11 is 0. The lowest BCUT2D eigenvalue weighted by molar-refractivity contribution is -0.142. The lowest BCUT2D eigenvalue weighted by Gasteiger charge is -2.14. The molecular weight excluding hydrogens is 216 g/mol. The summed E-state index contributed by atoms with van der Waals surface area (Å²) in [6.07, 6.45) is 2.92. The Kier molecular flexibility index (Phi) is 5.53. The van der Waals surface area contributed by atoms with Crippen LogP contribution in [0.4, 0.5) is 0 Å². The molecule has 0 aromatic heterocycles. The minimum atomic E-state index is -0.163. The van der Waals surface area contributed by atoms with Crippen molar-refractivity contribution in [2.75, 3.05) is 14.2 Å². The summed E-state index contributed by atoms with van der Waals surface area (Å²) in [5.74, 6) is 0.474. The normalized spacial score (nSPS) is 11.9. The van der Waals surface area contributed by atoms with E-state index in [1.807, 2.05) is 24.3 Å². The summed E-state index contributed by atoms with van der Waals surface area (Å²) in [5, 5.41) is 0. The van der Waals surface area contributed by atoms with E-state index >= 15 is 0 Å². The van der Waals surface area contributed by atoms with Crippen molar-refractivity contribution in [2.24, 2.45) is 0 Å². The van der Waals surface area contributed by atoms with Gasteiger partial charge in [-0.2, -0.15) is 0 Å². The summed E-state index contributed by atoms with van der Waals surface area (Å²) < 4.78 is 9.95. The Labute approximate surface area is 103 Å². The molecule has 0 spiro atoms. The van der Waals surface area contributed by atoms with Gasteiger partial charge in [-0.05, 0) is 24.1 Å². The zero-order valence-corrected chi connectivity index (χ0v) is 10.7. The highest BCUT2D eigenvalue weighted by Crippen LogP contribution is 2.25. The number of carbonyl (C=O) groups is 1. The van der Waals surface area contributed by atoms with Gasteiger partial charge in [-0.25, -0.2) is 0 Å².